The zero-order chi connectivity index (χ0) is 30.0. The smallest absolute Gasteiger partial charge is 0.243 e. The van der Waals surface area contributed by atoms with Crippen LogP contribution in [0.2, 0.25) is 0 Å². The summed E-state index contributed by atoms with van der Waals surface area (Å²) in [7, 11) is 0. The molecule has 3 saturated heterocycles. The first kappa shape index (κ1) is 31.6. The average Bonchev–Trinajstić information content (AvgIpc) is 3.72. The minimum atomic E-state index is -0.512. The maximum atomic E-state index is 12.1. The van der Waals surface area contributed by atoms with Crippen LogP contribution in [0, 0.1) is 0 Å². The van der Waals surface area contributed by atoms with Crippen LogP contribution in [0.4, 0.5) is 0 Å². The lowest BCUT2D eigenvalue weighted by Crippen LogP contribution is -2.45. The summed E-state index contributed by atoms with van der Waals surface area (Å²) in [5.41, 5.74) is 5.43. The molecule has 4 atom stereocenters. The maximum absolute atomic E-state index is 12.1. The number of aliphatic hydroxyl groups excluding tert-OH is 1. The van der Waals surface area contributed by atoms with E-state index in [1.54, 1.807) is 5.48 Å². The summed E-state index contributed by atoms with van der Waals surface area (Å²) >= 11 is 0. The summed E-state index contributed by atoms with van der Waals surface area (Å²) in [5.74, 6) is -0.638. The van der Waals surface area contributed by atoms with Crippen molar-refractivity contribution in [2.45, 2.75) is 89.1 Å². The lowest BCUT2D eigenvalue weighted by Gasteiger charge is -2.39. The minimum Gasteiger partial charge on any atom is -0.392 e. The molecule has 2 aromatic rings. The lowest BCUT2D eigenvalue weighted by atomic mass is 9.99. The van der Waals surface area contributed by atoms with Crippen LogP contribution >= 0.6 is 0 Å². The van der Waals surface area contributed by atoms with E-state index >= 15 is 0 Å². The molecule has 0 spiro atoms. The maximum Gasteiger partial charge on any atom is 0.243 e. The predicted molar refractivity (Wildman–Crippen MR) is 161 cm³/mol. The van der Waals surface area contributed by atoms with E-state index in [2.05, 4.69) is 15.1 Å². The molecule has 2 amide bonds. The second-order valence-electron chi connectivity index (χ2n) is 12.1. The summed E-state index contributed by atoms with van der Waals surface area (Å²) in [6, 6.07) is 16.5. The standard InChI is InChI=1S/C33H46N4O6/c38-23-25-10-12-26(13-11-25)30-19-29(22-37-18-4-5-28(37)21-36-16-1-2-17-36)42-33(43-30)27-14-8-24(9-15-27)20-34-31(39)6-3-7-32(40)35-41/h8-15,28-30,33,38,41H,1-7,16-23H2,(H,34,39)(H,35,40). The van der Waals surface area contributed by atoms with Crippen molar-refractivity contribution in [2.75, 3.05) is 32.7 Å². The van der Waals surface area contributed by atoms with Gasteiger partial charge in [-0.3, -0.25) is 19.7 Å². The van der Waals surface area contributed by atoms with Crippen LogP contribution in [0.3, 0.4) is 0 Å². The number of rotatable bonds is 13. The van der Waals surface area contributed by atoms with Crippen LogP contribution < -0.4 is 10.8 Å². The Morgan fingerprint density at radius 2 is 1.53 bits per heavy atom. The van der Waals surface area contributed by atoms with E-state index in [-0.39, 0.29) is 37.6 Å². The van der Waals surface area contributed by atoms with Gasteiger partial charge in [0.15, 0.2) is 6.29 Å². The van der Waals surface area contributed by atoms with Crippen molar-refractivity contribution in [3.8, 4) is 0 Å². The molecule has 43 heavy (non-hydrogen) atoms. The fourth-order valence-corrected chi connectivity index (χ4v) is 6.45. The monoisotopic (exact) mass is 594 g/mol. The third-order valence-electron chi connectivity index (χ3n) is 8.89. The number of nitrogens with zero attached hydrogens (tertiary/aromatic N) is 2. The number of amides is 2. The van der Waals surface area contributed by atoms with Gasteiger partial charge in [0.05, 0.1) is 18.8 Å². The van der Waals surface area contributed by atoms with Crippen molar-refractivity contribution >= 4 is 11.8 Å². The Morgan fingerprint density at radius 3 is 2.26 bits per heavy atom. The zero-order valence-corrected chi connectivity index (χ0v) is 25.0. The van der Waals surface area contributed by atoms with E-state index < -0.39 is 12.2 Å². The first-order valence-corrected chi connectivity index (χ1v) is 15.8. The number of carbonyl (C=O) groups is 2. The van der Waals surface area contributed by atoms with Gasteiger partial charge in [-0.2, -0.15) is 0 Å². The molecular weight excluding hydrogens is 548 g/mol. The molecule has 2 aromatic carbocycles. The van der Waals surface area contributed by atoms with E-state index in [0.717, 1.165) is 48.3 Å². The summed E-state index contributed by atoms with van der Waals surface area (Å²) in [6.45, 7) is 5.97. The largest absolute Gasteiger partial charge is 0.392 e. The van der Waals surface area contributed by atoms with Gasteiger partial charge in [-0.1, -0.05) is 48.5 Å². The first-order valence-electron chi connectivity index (χ1n) is 15.8. The summed E-state index contributed by atoms with van der Waals surface area (Å²) in [6.07, 6.45) is 5.94. The third-order valence-corrected chi connectivity index (χ3v) is 8.89. The summed E-state index contributed by atoms with van der Waals surface area (Å²) in [5, 5.41) is 21.0. The van der Waals surface area contributed by atoms with Gasteiger partial charge in [0.1, 0.15) is 0 Å². The fraction of sp³-hybridized carbons (Fsp3) is 0.576. The van der Waals surface area contributed by atoms with Gasteiger partial charge in [-0.05, 0) is 68.4 Å². The molecular formula is C33H46N4O6. The zero-order valence-electron chi connectivity index (χ0n) is 25.0. The number of hydrogen-bond acceptors (Lipinski definition) is 8. The molecule has 3 aliphatic heterocycles. The highest BCUT2D eigenvalue weighted by molar-refractivity contribution is 5.78. The van der Waals surface area contributed by atoms with Crippen LogP contribution in [-0.2, 0) is 32.2 Å². The molecule has 0 radical (unpaired) electrons. The normalized spacial score (nSPS) is 24.7. The molecule has 3 heterocycles. The molecule has 0 saturated carbocycles. The van der Waals surface area contributed by atoms with E-state index in [0.29, 0.717) is 19.0 Å². The van der Waals surface area contributed by atoms with Crippen LogP contribution in [0.5, 0.6) is 0 Å². The minimum absolute atomic E-state index is 0.0151. The molecule has 10 heteroatoms. The molecule has 0 aliphatic carbocycles. The van der Waals surface area contributed by atoms with Gasteiger partial charge in [0.25, 0.3) is 0 Å². The first-order chi connectivity index (χ1) is 21.0. The number of benzene rings is 2. The van der Waals surface area contributed by atoms with Crippen LogP contribution in [0.15, 0.2) is 48.5 Å². The Labute approximate surface area is 254 Å². The number of carbonyl (C=O) groups excluding carboxylic acids is 2. The van der Waals surface area contributed by atoms with Crippen LogP contribution in [-0.4, -0.2) is 76.8 Å². The van der Waals surface area contributed by atoms with E-state index in [4.69, 9.17) is 14.7 Å². The number of likely N-dealkylation sites (tertiary alicyclic amines) is 2. The van der Waals surface area contributed by atoms with Crippen molar-refractivity contribution in [3.63, 3.8) is 0 Å². The Morgan fingerprint density at radius 1 is 0.837 bits per heavy atom. The van der Waals surface area contributed by atoms with Crippen molar-refractivity contribution < 1.29 is 29.4 Å². The molecule has 3 aliphatic rings. The fourth-order valence-electron chi connectivity index (χ4n) is 6.45. The van der Waals surface area contributed by atoms with E-state index in [1.165, 1.54) is 38.8 Å². The van der Waals surface area contributed by atoms with Crippen molar-refractivity contribution in [1.82, 2.24) is 20.6 Å². The lowest BCUT2D eigenvalue weighted by molar-refractivity contribution is -0.253. The molecule has 4 N–H and O–H groups in total. The summed E-state index contributed by atoms with van der Waals surface area (Å²) in [4.78, 5) is 28.5. The second kappa shape index (κ2) is 15.7. The van der Waals surface area contributed by atoms with Gasteiger partial charge < -0.3 is 24.8 Å². The Hall–Kier alpha value is -2.86. The highest BCUT2D eigenvalue weighted by Crippen LogP contribution is 2.39. The van der Waals surface area contributed by atoms with Gasteiger partial charge in [-0.15, -0.1) is 0 Å². The third kappa shape index (κ3) is 9.07. The van der Waals surface area contributed by atoms with Crippen LogP contribution in [0.25, 0.3) is 0 Å². The molecule has 10 nitrogen and oxygen atoms in total. The van der Waals surface area contributed by atoms with E-state index in [1.807, 2.05) is 48.5 Å². The Bertz CT molecular complexity index is 1170. The quantitative estimate of drug-likeness (QED) is 0.205. The van der Waals surface area contributed by atoms with Crippen molar-refractivity contribution in [3.05, 3.63) is 70.8 Å². The number of hydrogen-bond donors (Lipinski definition) is 4. The van der Waals surface area contributed by atoms with Gasteiger partial charge in [-0.25, -0.2) is 5.48 Å². The molecule has 4 unspecified atom stereocenters. The highest BCUT2D eigenvalue weighted by Gasteiger charge is 2.36. The predicted octanol–water partition coefficient (Wildman–Crippen LogP) is 3.58. The number of ether oxygens (including phenoxy) is 2. The molecule has 0 aromatic heterocycles. The SMILES string of the molecule is O=C(CCCC(=O)NCc1ccc(C2OC(CN3CCCC3CN3CCCC3)CC(c3ccc(CO)cc3)O2)cc1)NO. The Balaban J connectivity index is 1.22. The van der Waals surface area contributed by atoms with Gasteiger partial charge in [0.2, 0.25) is 11.8 Å². The molecule has 0 bridgehead atoms. The Kier molecular flexibility index (Phi) is 11.6. The number of hydroxylamine groups is 1. The summed E-state index contributed by atoms with van der Waals surface area (Å²) < 4.78 is 13.2. The average molecular weight is 595 g/mol. The molecule has 234 valence electrons. The van der Waals surface area contributed by atoms with E-state index in [9.17, 15) is 14.7 Å². The second-order valence-corrected chi connectivity index (χ2v) is 12.1. The topological polar surface area (TPSA) is 124 Å². The van der Waals surface area contributed by atoms with Crippen LogP contribution in [0.1, 0.15) is 86.0 Å². The number of aliphatic hydroxyl groups is 1. The highest BCUT2D eigenvalue weighted by atomic mass is 16.7. The van der Waals surface area contributed by atoms with Gasteiger partial charge in [0, 0.05) is 50.5 Å². The van der Waals surface area contributed by atoms with Gasteiger partial charge >= 0.3 is 0 Å². The molecule has 5 rings (SSSR count). The van der Waals surface area contributed by atoms with Crippen molar-refractivity contribution in [1.29, 1.82) is 0 Å². The number of nitrogens with one attached hydrogen (secondary N) is 2. The van der Waals surface area contributed by atoms with Crippen molar-refractivity contribution in [2.24, 2.45) is 0 Å². The molecule has 3 fully saturated rings.